The van der Waals surface area contributed by atoms with Crippen LogP contribution in [0, 0.1) is 5.41 Å². The Kier molecular flexibility index (Phi) is 6.95. The molecule has 0 bridgehead atoms. The third-order valence-corrected chi connectivity index (χ3v) is 5.44. The first-order valence-corrected chi connectivity index (χ1v) is 9.94. The predicted molar refractivity (Wildman–Crippen MR) is 113 cm³/mol. The number of benzene rings is 1. The summed E-state index contributed by atoms with van der Waals surface area (Å²) >= 11 is 5.85. The zero-order valence-corrected chi connectivity index (χ0v) is 18.4. The van der Waals surface area contributed by atoms with E-state index in [-0.39, 0.29) is 23.9 Å². The molecule has 0 aliphatic carbocycles. The molecule has 3 amide bonds. The van der Waals surface area contributed by atoms with Crippen LogP contribution in [0.25, 0.3) is 0 Å². The van der Waals surface area contributed by atoms with Gasteiger partial charge in [0, 0.05) is 24.3 Å². The highest BCUT2D eigenvalue weighted by Crippen LogP contribution is 2.31. The lowest BCUT2D eigenvalue weighted by Gasteiger charge is -2.33. The summed E-state index contributed by atoms with van der Waals surface area (Å²) in [6.07, 6.45) is -0.283. The van der Waals surface area contributed by atoms with Gasteiger partial charge in [-0.25, -0.2) is 9.59 Å². The van der Waals surface area contributed by atoms with Crippen molar-refractivity contribution >= 4 is 35.2 Å². The Bertz CT molecular complexity index is 831. The number of allylic oxidation sites excluding steroid dienone is 1. The van der Waals surface area contributed by atoms with Crippen molar-refractivity contribution in [1.29, 1.82) is 0 Å². The Hall–Kier alpha value is -2.54. The lowest BCUT2D eigenvalue weighted by atomic mass is 9.94. The van der Waals surface area contributed by atoms with Gasteiger partial charge in [0.05, 0.1) is 23.1 Å². The van der Waals surface area contributed by atoms with Crippen molar-refractivity contribution in [2.75, 3.05) is 18.2 Å². The number of alkyl halides is 1. The molecule has 0 aromatic heterocycles. The average Bonchev–Trinajstić information content (AvgIpc) is 2.65. The molecule has 0 spiro atoms. The smallest absolute Gasteiger partial charge is 0.338 e. The molecule has 1 aliphatic heterocycles. The van der Waals surface area contributed by atoms with E-state index < -0.39 is 17.4 Å². The van der Waals surface area contributed by atoms with E-state index in [4.69, 9.17) is 16.3 Å². The van der Waals surface area contributed by atoms with Crippen molar-refractivity contribution in [2.24, 2.45) is 5.41 Å². The van der Waals surface area contributed by atoms with Crippen molar-refractivity contribution in [3.8, 4) is 0 Å². The van der Waals surface area contributed by atoms with E-state index in [1.807, 2.05) is 0 Å². The molecule has 2 rings (SSSR count). The second-order valence-electron chi connectivity index (χ2n) is 7.99. The van der Waals surface area contributed by atoms with Gasteiger partial charge < -0.3 is 20.3 Å². The van der Waals surface area contributed by atoms with Crippen molar-refractivity contribution in [1.82, 2.24) is 10.2 Å². The van der Waals surface area contributed by atoms with Crippen LogP contribution in [0.4, 0.5) is 10.5 Å². The molecule has 2 N–H and O–H groups in total. The molecule has 1 atom stereocenters. The van der Waals surface area contributed by atoms with E-state index in [1.165, 1.54) is 4.90 Å². The van der Waals surface area contributed by atoms with Gasteiger partial charge in [0.1, 0.15) is 0 Å². The molecule has 1 aromatic rings. The second kappa shape index (κ2) is 8.86. The molecule has 29 heavy (non-hydrogen) atoms. The standard InChI is InChI=1S/C21H28ClN3O4/c1-12(2)29-18(26)16-13(3)25(6)20(28)24-17(16)14-7-9-15(10-8-14)23-19(27)21(4,5)11-22/h7-10,12,17H,11H2,1-6H3,(H,23,27)(H,24,28)/t17-/m1/s1. The fourth-order valence-electron chi connectivity index (χ4n) is 2.75. The summed E-state index contributed by atoms with van der Waals surface area (Å²) in [4.78, 5) is 38.7. The number of rotatable bonds is 6. The molecule has 158 valence electrons. The molecule has 1 aromatic carbocycles. The molecule has 7 nitrogen and oxygen atoms in total. The Labute approximate surface area is 176 Å². The third kappa shape index (κ3) is 5.09. The summed E-state index contributed by atoms with van der Waals surface area (Å²) in [5.41, 5.74) is 1.52. The number of nitrogens with zero attached hydrogens (tertiary/aromatic N) is 1. The normalized spacial score (nSPS) is 17.3. The summed E-state index contributed by atoms with van der Waals surface area (Å²) in [5, 5.41) is 5.66. The monoisotopic (exact) mass is 421 g/mol. The topological polar surface area (TPSA) is 87.7 Å². The first kappa shape index (κ1) is 22.7. The number of carbonyl (C=O) groups excluding carboxylic acids is 3. The van der Waals surface area contributed by atoms with Crippen molar-refractivity contribution in [3.05, 3.63) is 41.1 Å². The van der Waals surface area contributed by atoms with Gasteiger partial charge >= 0.3 is 12.0 Å². The van der Waals surface area contributed by atoms with E-state index in [1.54, 1.807) is 65.9 Å². The van der Waals surface area contributed by atoms with Gasteiger partial charge in [-0.1, -0.05) is 12.1 Å². The molecule has 0 fully saturated rings. The first-order chi connectivity index (χ1) is 13.5. The SMILES string of the molecule is CC1=C(C(=O)OC(C)C)[C@@H](c2ccc(NC(=O)C(C)(C)CCl)cc2)NC(=O)N1C. The summed E-state index contributed by atoms with van der Waals surface area (Å²) < 4.78 is 5.38. The molecule has 0 saturated carbocycles. The summed E-state index contributed by atoms with van der Waals surface area (Å²) in [7, 11) is 1.60. The predicted octanol–water partition coefficient (Wildman–Crippen LogP) is 3.81. The maximum Gasteiger partial charge on any atom is 0.338 e. The van der Waals surface area contributed by atoms with E-state index >= 15 is 0 Å². The molecular weight excluding hydrogens is 394 g/mol. The number of hydrogen-bond donors (Lipinski definition) is 2. The maximum absolute atomic E-state index is 12.7. The molecule has 1 aliphatic rings. The van der Waals surface area contributed by atoms with Gasteiger partial charge in [-0.15, -0.1) is 11.6 Å². The van der Waals surface area contributed by atoms with Gasteiger partial charge in [-0.05, 0) is 52.3 Å². The minimum Gasteiger partial charge on any atom is -0.459 e. The van der Waals surface area contributed by atoms with E-state index in [2.05, 4.69) is 10.6 Å². The van der Waals surface area contributed by atoms with Crippen LogP contribution < -0.4 is 10.6 Å². The number of urea groups is 1. The maximum atomic E-state index is 12.7. The van der Waals surface area contributed by atoms with Gasteiger partial charge in [0.2, 0.25) is 5.91 Å². The molecule has 1 heterocycles. The number of anilines is 1. The van der Waals surface area contributed by atoms with Gasteiger partial charge in [-0.2, -0.15) is 0 Å². The third-order valence-electron chi connectivity index (χ3n) is 4.77. The quantitative estimate of drug-likeness (QED) is 0.540. The highest BCUT2D eigenvalue weighted by molar-refractivity contribution is 6.20. The highest BCUT2D eigenvalue weighted by Gasteiger charge is 2.35. The lowest BCUT2D eigenvalue weighted by Crippen LogP contribution is -2.46. The van der Waals surface area contributed by atoms with Crippen LogP contribution >= 0.6 is 11.6 Å². The number of ether oxygens (including phenoxy) is 1. The fraction of sp³-hybridized carbons (Fsp3) is 0.476. The minimum atomic E-state index is -0.699. The van der Waals surface area contributed by atoms with Crippen molar-refractivity contribution < 1.29 is 19.1 Å². The zero-order chi connectivity index (χ0) is 21.9. The highest BCUT2D eigenvalue weighted by atomic mass is 35.5. The number of esters is 1. The fourth-order valence-corrected chi connectivity index (χ4v) is 2.87. The van der Waals surface area contributed by atoms with E-state index in [0.29, 0.717) is 22.5 Å². The molecule has 0 radical (unpaired) electrons. The Morgan fingerprint density at radius 2 is 1.86 bits per heavy atom. The number of halogens is 1. The van der Waals surface area contributed by atoms with Gasteiger partial charge in [0.25, 0.3) is 0 Å². The van der Waals surface area contributed by atoms with Crippen LogP contribution in [0.2, 0.25) is 0 Å². The Morgan fingerprint density at radius 1 is 1.28 bits per heavy atom. The molecular formula is C21H28ClN3O4. The molecule has 0 unspecified atom stereocenters. The van der Waals surface area contributed by atoms with Crippen LogP contribution in [0.15, 0.2) is 35.5 Å². The zero-order valence-electron chi connectivity index (χ0n) is 17.6. The summed E-state index contributed by atoms with van der Waals surface area (Å²) in [5.74, 6) is -0.468. The largest absolute Gasteiger partial charge is 0.459 e. The van der Waals surface area contributed by atoms with E-state index in [0.717, 1.165) is 0 Å². The second-order valence-corrected chi connectivity index (χ2v) is 8.26. The van der Waals surface area contributed by atoms with Crippen molar-refractivity contribution in [2.45, 2.75) is 46.8 Å². The lowest BCUT2D eigenvalue weighted by molar-refractivity contribution is -0.143. The average molecular weight is 422 g/mol. The van der Waals surface area contributed by atoms with Crippen LogP contribution in [-0.2, 0) is 14.3 Å². The summed E-state index contributed by atoms with van der Waals surface area (Å²) in [6, 6.07) is 6.01. The van der Waals surface area contributed by atoms with Crippen LogP contribution in [-0.4, -0.2) is 41.8 Å². The molecule has 0 saturated heterocycles. The van der Waals surface area contributed by atoms with E-state index in [9.17, 15) is 14.4 Å². The Morgan fingerprint density at radius 3 is 2.38 bits per heavy atom. The number of carbonyl (C=O) groups is 3. The van der Waals surface area contributed by atoms with Crippen molar-refractivity contribution in [3.63, 3.8) is 0 Å². The minimum absolute atomic E-state index is 0.190. The number of hydrogen-bond acceptors (Lipinski definition) is 4. The van der Waals surface area contributed by atoms with Crippen LogP contribution in [0.1, 0.15) is 46.2 Å². The number of amides is 3. The molecule has 8 heteroatoms. The van der Waals surface area contributed by atoms with Gasteiger partial charge in [0.15, 0.2) is 0 Å². The summed E-state index contributed by atoms with van der Waals surface area (Å²) in [6.45, 7) is 8.78. The first-order valence-electron chi connectivity index (χ1n) is 9.41. The Balaban J connectivity index is 2.32. The number of nitrogens with one attached hydrogen (secondary N) is 2. The van der Waals surface area contributed by atoms with Crippen LogP contribution in [0.3, 0.4) is 0 Å². The van der Waals surface area contributed by atoms with Gasteiger partial charge in [-0.3, -0.25) is 4.79 Å². The van der Waals surface area contributed by atoms with Crippen LogP contribution in [0.5, 0.6) is 0 Å².